The highest BCUT2D eigenvalue weighted by Crippen LogP contribution is 2.25. The van der Waals surface area contributed by atoms with Crippen molar-refractivity contribution < 1.29 is 4.74 Å². The second kappa shape index (κ2) is 5.58. The van der Waals surface area contributed by atoms with Crippen LogP contribution in [-0.4, -0.2) is 16.7 Å². The van der Waals surface area contributed by atoms with Gasteiger partial charge in [0.05, 0.1) is 31.4 Å². The lowest BCUT2D eigenvalue weighted by Gasteiger charge is -2.12. The molecule has 4 nitrogen and oxygen atoms in total. The number of hydrogen-bond donors (Lipinski definition) is 1. The summed E-state index contributed by atoms with van der Waals surface area (Å²) in [5, 5.41) is 3.40. The van der Waals surface area contributed by atoms with Gasteiger partial charge in [-0.15, -0.1) is 0 Å². The fraction of sp³-hybridized carbons (Fsp3) is 0.357. The maximum atomic E-state index is 5.34. The van der Waals surface area contributed by atoms with Gasteiger partial charge in [0.1, 0.15) is 5.75 Å². The highest BCUT2D eigenvalue weighted by atomic mass is 16.5. The molecule has 0 spiro atoms. The molecule has 0 radical (unpaired) electrons. The van der Waals surface area contributed by atoms with Gasteiger partial charge in [-0.05, 0) is 31.5 Å². The van der Waals surface area contributed by atoms with Gasteiger partial charge in [0.25, 0.3) is 0 Å². The highest BCUT2D eigenvalue weighted by Gasteiger charge is 2.04. The molecule has 0 bridgehead atoms. The minimum absolute atomic E-state index is 0.744. The lowest BCUT2D eigenvalue weighted by atomic mass is 10.2. The van der Waals surface area contributed by atoms with E-state index in [0.29, 0.717) is 0 Å². The van der Waals surface area contributed by atoms with Gasteiger partial charge in [0.2, 0.25) is 0 Å². The van der Waals surface area contributed by atoms with Crippen LogP contribution in [0, 0.1) is 6.92 Å². The van der Waals surface area contributed by atoms with Gasteiger partial charge in [-0.2, -0.15) is 0 Å². The molecule has 4 heteroatoms. The van der Waals surface area contributed by atoms with E-state index in [-0.39, 0.29) is 0 Å². The van der Waals surface area contributed by atoms with Crippen LogP contribution in [0.4, 0.5) is 5.69 Å². The number of hydrogen-bond acceptors (Lipinski definition) is 3. The fourth-order valence-corrected chi connectivity index (χ4v) is 1.93. The third-order valence-electron chi connectivity index (χ3n) is 2.95. The number of aryl methyl sites for hydroxylation is 2. The maximum absolute atomic E-state index is 5.34. The Hall–Kier alpha value is -1.97. The minimum atomic E-state index is 0.744. The van der Waals surface area contributed by atoms with Crippen molar-refractivity contribution in [1.82, 2.24) is 9.55 Å². The van der Waals surface area contributed by atoms with Crippen molar-refractivity contribution in [2.75, 3.05) is 12.4 Å². The van der Waals surface area contributed by atoms with Gasteiger partial charge in [-0.3, -0.25) is 0 Å². The van der Waals surface area contributed by atoms with E-state index in [1.165, 1.54) is 11.3 Å². The van der Waals surface area contributed by atoms with E-state index in [1.54, 1.807) is 7.11 Å². The normalized spacial score (nSPS) is 10.4. The Balaban J connectivity index is 2.12. The third kappa shape index (κ3) is 2.64. The predicted octanol–water partition coefficient (Wildman–Crippen LogP) is 2.83. The quantitative estimate of drug-likeness (QED) is 0.880. The molecule has 0 saturated heterocycles. The molecule has 0 atom stereocenters. The number of nitrogens with zero attached hydrogens (tertiary/aromatic N) is 2. The SMILES string of the molecule is CCn1cncc1CNc1cc(C)ccc1OC. The summed E-state index contributed by atoms with van der Waals surface area (Å²) in [5.41, 5.74) is 3.39. The van der Waals surface area contributed by atoms with Crippen molar-refractivity contribution >= 4 is 5.69 Å². The summed E-state index contributed by atoms with van der Waals surface area (Å²) in [7, 11) is 1.69. The van der Waals surface area contributed by atoms with E-state index in [2.05, 4.69) is 34.8 Å². The summed E-state index contributed by atoms with van der Waals surface area (Å²) in [5.74, 6) is 0.864. The number of nitrogens with one attached hydrogen (secondary N) is 1. The van der Waals surface area contributed by atoms with Crippen molar-refractivity contribution in [3.63, 3.8) is 0 Å². The Labute approximate surface area is 108 Å². The van der Waals surface area contributed by atoms with Gasteiger partial charge in [-0.1, -0.05) is 6.07 Å². The number of methoxy groups -OCH3 is 1. The van der Waals surface area contributed by atoms with E-state index in [4.69, 9.17) is 4.74 Å². The first kappa shape index (κ1) is 12.5. The topological polar surface area (TPSA) is 39.1 Å². The van der Waals surface area contributed by atoms with E-state index in [9.17, 15) is 0 Å². The van der Waals surface area contributed by atoms with E-state index in [1.807, 2.05) is 24.7 Å². The number of aromatic nitrogens is 2. The van der Waals surface area contributed by atoms with Crippen LogP contribution in [-0.2, 0) is 13.1 Å². The average molecular weight is 245 g/mol. The van der Waals surface area contributed by atoms with E-state index >= 15 is 0 Å². The molecule has 2 aromatic rings. The zero-order valence-electron chi connectivity index (χ0n) is 11.1. The van der Waals surface area contributed by atoms with Crippen LogP contribution < -0.4 is 10.1 Å². The van der Waals surface area contributed by atoms with Crippen LogP contribution >= 0.6 is 0 Å². The van der Waals surface area contributed by atoms with Crippen LogP contribution in [0.25, 0.3) is 0 Å². The van der Waals surface area contributed by atoms with Gasteiger partial charge in [0, 0.05) is 12.7 Å². The minimum Gasteiger partial charge on any atom is -0.495 e. The van der Waals surface area contributed by atoms with Crippen LogP contribution in [0.1, 0.15) is 18.2 Å². The third-order valence-corrected chi connectivity index (χ3v) is 2.95. The number of rotatable bonds is 5. The molecule has 0 unspecified atom stereocenters. The summed E-state index contributed by atoms with van der Waals surface area (Å²) in [6, 6.07) is 6.11. The monoisotopic (exact) mass is 245 g/mol. The molecule has 0 amide bonds. The molecule has 0 aliphatic carbocycles. The summed E-state index contributed by atoms with van der Waals surface area (Å²) >= 11 is 0. The molecule has 1 aromatic heterocycles. The first-order valence-electron chi connectivity index (χ1n) is 6.12. The Morgan fingerprint density at radius 3 is 2.94 bits per heavy atom. The van der Waals surface area contributed by atoms with Crippen LogP contribution in [0.15, 0.2) is 30.7 Å². The van der Waals surface area contributed by atoms with Gasteiger partial charge in [-0.25, -0.2) is 4.98 Å². The van der Waals surface area contributed by atoms with Gasteiger partial charge >= 0.3 is 0 Å². The molecule has 1 heterocycles. The lowest BCUT2D eigenvalue weighted by molar-refractivity contribution is 0.416. The second-order valence-corrected chi connectivity index (χ2v) is 4.23. The highest BCUT2D eigenvalue weighted by molar-refractivity contribution is 5.58. The average Bonchev–Trinajstić information content (AvgIpc) is 2.84. The van der Waals surface area contributed by atoms with Crippen molar-refractivity contribution in [2.45, 2.75) is 26.9 Å². The summed E-state index contributed by atoms with van der Waals surface area (Å²) in [6.07, 6.45) is 3.74. The first-order valence-corrected chi connectivity index (χ1v) is 6.12. The van der Waals surface area contributed by atoms with Crippen LogP contribution in [0.3, 0.4) is 0 Å². The zero-order chi connectivity index (χ0) is 13.0. The standard InChI is InChI=1S/C14H19N3O/c1-4-17-10-15-8-12(17)9-16-13-7-11(2)5-6-14(13)18-3/h5-8,10,16H,4,9H2,1-3H3. The Morgan fingerprint density at radius 2 is 2.22 bits per heavy atom. The van der Waals surface area contributed by atoms with Crippen molar-refractivity contribution in [2.24, 2.45) is 0 Å². The molecule has 96 valence electrons. The number of benzene rings is 1. The predicted molar refractivity (Wildman–Crippen MR) is 73.0 cm³/mol. The summed E-state index contributed by atoms with van der Waals surface area (Å²) in [6.45, 7) is 5.86. The molecule has 0 aliphatic heterocycles. The Kier molecular flexibility index (Phi) is 3.87. The maximum Gasteiger partial charge on any atom is 0.141 e. The number of imidazole rings is 1. The molecule has 0 fully saturated rings. The molecule has 1 aromatic carbocycles. The van der Waals surface area contributed by atoms with Crippen molar-refractivity contribution in [1.29, 1.82) is 0 Å². The lowest BCUT2D eigenvalue weighted by Crippen LogP contribution is -2.06. The fourth-order valence-electron chi connectivity index (χ4n) is 1.93. The second-order valence-electron chi connectivity index (χ2n) is 4.23. The number of anilines is 1. The van der Waals surface area contributed by atoms with Crippen LogP contribution in [0.2, 0.25) is 0 Å². The molecule has 1 N–H and O–H groups in total. The smallest absolute Gasteiger partial charge is 0.141 e. The summed E-state index contributed by atoms with van der Waals surface area (Å²) < 4.78 is 7.46. The Bertz CT molecular complexity index is 520. The molecule has 2 rings (SSSR count). The molecule has 0 saturated carbocycles. The van der Waals surface area contributed by atoms with Crippen molar-refractivity contribution in [3.8, 4) is 5.75 Å². The van der Waals surface area contributed by atoms with Gasteiger partial charge in [0.15, 0.2) is 0 Å². The zero-order valence-corrected chi connectivity index (χ0v) is 11.1. The van der Waals surface area contributed by atoms with Gasteiger partial charge < -0.3 is 14.6 Å². The number of ether oxygens (including phenoxy) is 1. The summed E-state index contributed by atoms with van der Waals surface area (Å²) in [4.78, 5) is 4.16. The molecule has 18 heavy (non-hydrogen) atoms. The van der Waals surface area contributed by atoms with Crippen molar-refractivity contribution in [3.05, 3.63) is 42.0 Å². The Morgan fingerprint density at radius 1 is 1.39 bits per heavy atom. The molecule has 0 aliphatic rings. The van der Waals surface area contributed by atoms with Crippen LogP contribution in [0.5, 0.6) is 5.75 Å². The van der Waals surface area contributed by atoms with E-state index in [0.717, 1.165) is 24.5 Å². The van der Waals surface area contributed by atoms with E-state index < -0.39 is 0 Å². The molecular formula is C14H19N3O. The largest absolute Gasteiger partial charge is 0.495 e. The first-order chi connectivity index (χ1) is 8.74. The molecular weight excluding hydrogens is 226 g/mol.